The third-order valence-electron chi connectivity index (χ3n) is 6.05. The van der Waals surface area contributed by atoms with Crippen molar-refractivity contribution in [3.63, 3.8) is 0 Å². The van der Waals surface area contributed by atoms with Crippen LogP contribution in [-0.2, 0) is 4.79 Å². The topological polar surface area (TPSA) is 140 Å². The molecule has 2 aliphatic heterocycles. The second-order valence-electron chi connectivity index (χ2n) is 9.68. The minimum atomic E-state index is -0.925. The van der Waals surface area contributed by atoms with E-state index < -0.39 is 17.2 Å². The van der Waals surface area contributed by atoms with Crippen LogP contribution >= 0.6 is 11.8 Å². The molecule has 2 atom stereocenters. The SMILES string of the molecule is COc1cc(C=C2SC(=O)NC2=O)ccc1Oc1cc(OC2CCN(C(=O)O)C(C(C)(C)C)C2)ncn1. The summed E-state index contributed by atoms with van der Waals surface area (Å²) >= 11 is 0.834. The van der Waals surface area contributed by atoms with Crippen molar-refractivity contribution in [2.24, 2.45) is 5.41 Å². The summed E-state index contributed by atoms with van der Waals surface area (Å²) in [6.45, 7) is 6.43. The van der Waals surface area contributed by atoms with Crippen LogP contribution in [0.25, 0.3) is 6.08 Å². The van der Waals surface area contributed by atoms with Crippen LogP contribution in [0.4, 0.5) is 9.59 Å². The second-order valence-corrected chi connectivity index (χ2v) is 10.7. The molecule has 2 aliphatic rings. The minimum absolute atomic E-state index is 0.189. The van der Waals surface area contributed by atoms with E-state index in [1.54, 1.807) is 30.3 Å². The van der Waals surface area contributed by atoms with Crippen molar-refractivity contribution < 1.29 is 33.7 Å². The van der Waals surface area contributed by atoms with Crippen molar-refractivity contribution >= 4 is 35.1 Å². The predicted molar refractivity (Wildman–Crippen MR) is 136 cm³/mol. The lowest BCUT2D eigenvalue weighted by Gasteiger charge is -2.44. The molecular weight excluding hydrogens is 500 g/mol. The maximum atomic E-state index is 11.8. The summed E-state index contributed by atoms with van der Waals surface area (Å²) in [4.78, 5) is 45.0. The third-order valence-corrected chi connectivity index (χ3v) is 6.86. The number of likely N-dealkylation sites (tertiary alicyclic amines) is 1. The van der Waals surface area contributed by atoms with Crippen molar-refractivity contribution in [3.8, 4) is 23.3 Å². The molecule has 2 N–H and O–H groups in total. The van der Waals surface area contributed by atoms with Crippen LogP contribution in [-0.4, -0.2) is 63.0 Å². The molecule has 12 heteroatoms. The van der Waals surface area contributed by atoms with Gasteiger partial charge in [-0.15, -0.1) is 0 Å². The average Bonchev–Trinajstić information content (AvgIpc) is 3.15. The molecule has 0 spiro atoms. The summed E-state index contributed by atoms with van der Waals surface area (Å²) in [6.07, 6.45) is 2.88. The van der Waals surface area contributed by atoms with Crippen LogP contribution in [0.3, 0.4) is 0 Å². The number of hydrogen-bond acceptors (Lipinski definition) is 9. The van der Waals surface area contributed by atoms with Crippen LogP contribution in [0.1, 0.15) is 39.2 Å². The monoisotopic (exact) mass is 528 g/mol. The van der Waals surface area contributed by atoms with Gasteiger partial charge in [-0.1, -0.05) is 26.8 Å². The summed E-state index contributed by atoms with van der Waals surface area (Å²) in [5.74, 6) is 0.905. The van der Waals surface area contributed by atoms with Crippen molar-refractivity contribution in [2.75, 3.05) is 13.7 Å². The number of rotatable bonds is 6. The quantitative estimate of drug-likeness (QED) is 0.514. The Morgan fingerprint density at radius 3 is 2.59 bits per heavy atom. The average molecular weight is 529 g/mol. The van der Waals surface area contributed by atoms with Crippen molar-refractivity contribution in [2.45, 2.75) is 45.8 Å². The molecule has 1 aromatic carbocycles. The summed E-state index contributed by atoms with van der Waals surface area (Å²) in [5, 5.41) is 11.4. The zero-order chi connectivity index (χ0) is 26.7. The first kappa shape index (κ1) is 26.3. The highest BCUT2D eigenvalue weighted by molar-refractivity contribution is 8.18. The fourth-order valence-electron chi connectivity index (χ4n) is 4.25. The number of hydrogen-bond donors (Lipinski definition) is 2. The van der Waals surface area contributed by atoms with Gasteiger partial charge in [0, 0.05) is 25.4 Å². The molecule has 2 fully saturated rings. The van der Waals surface area contributed by atoms with Gasteiger partial charge in [0.1, 0.15) is 12.4 Å². The smallest absolute Gasteiger partial charge is 0.407 e. The van der Waals surface area contributed by atoms with E-state index in [0.717, 1.165) is 11.8 Å². The van der Waals surface area contributed by atoms with Gasteiger partial charge in [0.25, 0.3) is 11.1 Å². The fraction of sp³-hybridized carbons (Fsp3) is 0.400. The van der Waals surface area contributed by atoms with Gasteiger partial charge in [-0.25, -0.2) is 14.8 Å². The first-order chi connectivity index (χ1) is 17.5. The van der Waals surface area contributed by atoms with Crippen LogP contribution in [0.2, 0.25) is 0 Å². The fourth-order valence-corrected chi connectivity index (χ4v) is 4.93. The minimum Gasteiger partial charge on any atom is -0.493 e. The van der Waals surface area contributed by atoms with Gasteiger partial charge in [0.2, 0.25) is 11.8 Å². The normalized spacial score (nSPS) is 21.1. The van der Waals surface area contributed by atoms with Gasteiger partial charge in [0.15, 0.2) is 11.5 Å². The number of methoxy groups -OCH3 is 1. The molecule has 0 bridgehead atoms. The molecule has 2 unspecified atom stereocenters. The molecule has 37 heavy (non-hydrogen) atoms. The van der Waals surface area contributed by atoms with E-state index in [4.69, 9.17) is 14.2 Å². The van der Waals surface area contributed by atoms with Gasteiger partial charge in [-0.2, -0.15) is 0 Å². The molecule has 0 saturated carbocycles. The number of amides is 3. The molecule has 3 amide bonds. The molecule has 11 nitrogen and oxygen atoms in total. The maximum absolute atomic E-state index is 11.8. The maximum Gasteiger partial charge on any atom is 0.407 e. The Labute approximate surface area is 218 Å². The molecule has 196 valence electrons. The zero-order valence-corrected chi connectivity index (χ0v) is 21.7. The highest BCUT2D eigenvalue weighted by Gasteiger charge is 2.39. The number of imide groups is 1. The number of ether oxygens (including phenoxy) is 3. The van der Waals surface area contributed by atoms with E-state index in [0.29, 0.717) is 47.2 Å². The Bertz CT molecular complexity index is 1240. The molecular formula is C25H28N4O7S. The number of carboxylic acid groups (broad SMARTS) is 1. The predicted octanol–water partition coefficient (Wildman–Crippen LogP) is 4.54. The van der Waals surface area contributed by atoms with E-state index in [1.165, 1.54) is 18.3 Å². The summed E-state index contributed by atoms with van der Waals surface area (Å²) in [5.41, 5.74) is 0.416. The second kappa shape index (κ2) is 10.7. The number of carbonyl (C=O) groups excluding carboxylic acids is 2. The van der Waals surface area contributed by atoms with Gasteiger partial charge >= 0.3 is 6.09 Å². The van der Waals surface area contributed by atoms with Gasteiger partial charge in [0.05, 0.1) is 18.1 Å². The summed E-state index contributed by atoms with van der Waals surface area (Å²) in [6, 6.07) is 6.45. The van der Waals surface area contributed by atoms with E-state index >= 15 is 0 Å². The van der Waals surface area contributed by atoms with Crippen molar-refractivity contribution in [1.82, 2.24) is 20.2 Å². The largest absolute Gasteiger partial charge is 0.493 e. The van der Waals surface area contributed by atoms with Gasteiger partial charge < -0.3 is 24.2 Å². The lowest BCUT2D eigenvalue weighted by Crippen LogP contribution is -2.53. The highest BCUT2D eigenvalue weighted by Crippen LogP contribution is 2.36. The molecule has 0 radical (unpaired) electrons. The molecule has 1 aromatic heterocycles. The van der Waals surface area contributed by atoms with Gasteiger partial charge in [-0.05, 0) is 40.9 Å². The van der Waals surface area contributed by atoms with Gasteiger partial charge in [-0.3, -0.25) is 14.9 Å². The lowest BCUT2D eigenvalue weighted by atomic mass is 9.80. The Kier molecular flexibility index (Phi) is 7.58. The number of aromatic nitrogens is 2. The lowest BCUT2D eigenvalue weighted by molar-refractivity contribution is -0.115. The Hall–Kier alpha value is -3.80. The van der Waals surface area contributed by atoms with E-state index in [-0.39, 0.29) is 23.4 Å². The van der Waals surface area contributed by atoms with Crippen LogP contribution in [0.5, 0.6) is 23.3 Å². The standard InChI is InChI=1S/C25H28N4O7S/c1-25(2,3)19-11-15(7-8-29(19)24(32)33)35-20-12-21(27-13-26-20)36-16-6-5-14(9-17(16)34-4)10-18-22(30)28-23(31)37-18/h5-6,9-10,12-13,15,19H,7-8,11H2,1-4H3,(H,32,33)(H,28,30,31). The Morgan fingerprint density at radius 2 is 1.95 bits per heavy atom. The molecule has 2 saturated heterocycles. The van der Waals surface area contributed by atoms with E-state index in [1.807, 2.05) is 20.8 Å². The Morgan fingerprint density at radius 1 is 1.19 bits per heavy atom. The number of nitrogens with zero attached hydrogens (tertiary/aromatic N) is 3. The summed E-state index contributed by atoms with van der Waals surface area (Å²) < 4.78 is 17.5. The number of nitrogens with one attached hydrogen (secondary N) is 1. The number of piperidine rings is 1. The van der Waals surface area contributed by atoms with E-state index in [2.05, 4.69) is 15.3 Å². The van der Waals surface area contributed by atoms with Crippen molar-refractivity contribution in [1.29, 1.82) is 0 Å². The molecule has 4 rings (SSSR count). The number of carbonyl (C=O) groups is 3. The first-order valence-corrected chi connectivity index (χ1v) is 12.4. The number of benzene rings is 1. The molecule has 0 aliphatic carbocycles. The van der Waals surface area contributed by atoms with Crippen molar-refractivity contribution in [3.05, 3.63) is 41.1 Å². The highest BCUT2D eigenvalue weighted by atomic mass is 32.2. The zero-order valence-electron chi connectivity index (χ0n) is 20.9. The first-order valence-electron chi connectivity index (χ1n) is 11.6. The Balaban J connectivity index is 1.46. The third kappa shape index (κ3) is 6.31. The molecule has 3 heterocycles. The number of thioether (sulfide) groups is 1. The van der Waals surface area contributed by atoms with Crippen LogP contribution in [0.15, 0.2) is 35.5 Å². The summed E-state index contributed by atoms with van der Waals surface area (Å²) in [7, 11) is 1.49. The van der Waals surface area contributed by atoms with Crippen LogP contribution in [0, 0.1) is 5.41 Å². The van der Waals surface area contributed by atoms with Crippen LogP contribution < -0.4 is 19.5 Å². The van der Waals surface area contributed by atoms with E-state index in [9.17, 15) is 19.5 Å². The molecule has 2 aromatic rings.